The summed E-state index contributed by atoms with van der Waals surface area (Å²) in [4.78, 5) is 0. The largest absolute Gasteiger partial charge is 0.493 e. The Labute approximate surface area is 114 Å². The summed E-state index contributed by atoms with van der Waals surface area (Å²) in [6.07, 6.45) is 2.62. The molecule has 0 saturated heterocycles. The second kappa shape index (κ2) is 5.79. The van der Waals surface area contributed by atoms with Crippen LogP contribution in [-0.2, 0) is 6.61 Å². The predicted molar refractivity (Wildman–Crippen MR) is 75.4 cm³/mol. The lowest BCUT2D eigenvalue weighted by Crippen LogP contribution is -1.99. The Kier molecular flexibility index (Phi) is 3.68. The van der Waals surface area contributed by atoms with Crippen LogP contribution in [-0.4, -0.2) is 6.61 Å². The van der Waals surface area contributed by atoms with Crippen LogP contribution in [0.1, 0.15) is 18.4 Å². The Hall–Kier alpha value is -1.96. The van der Waals surface area contributed by atoms with Crippen molar-refractivity contribution >= 4 is 0 Å². The molecule has 0 amide bonds. The molecule has 0 spiro atoms. The predicted octanol–water partition coefficient (Wildman–Crippen LogP) is 4.05. The van der Waals surface area contributed by atoms with E-state index in [1.807, 2.05) is 42.5 Å². The molecule has 2 aromatic rings. The number of rotatable bonds is 6. The van der Waals surface area contributed by atoms with Crippen molar-refractivity contribution < 1.29 is 9.47 Å². The number of ether oxygens (including phenoxy) is 2. The average molecular weight is 254 g/mol. The van der Waals surface area contributed by atoms with Crippen molar-refractivity contribution in [3.8, 4) is 11.5 Å². The highest BCUT2D eigenvalue weighted by atomic mass is 16.5. The maximum atomic E-state index is 5.78. The molecule has 0 heterocycles. The molecule has 0 N–H and O–H groups in total. The molecule has 2 nitrogen and oxygen atoms in total. The average Bonchev–Trinajstić information content (AvgIpc) is 3.29. The molecule has 1 fully saturated rings. The van der Waals surface area contributed by atoms with Crippen LogP contribution in [0.5, 0.6) is 11.5 Å². The number of hydrogen-bond donors (Lipinski definition) is 0. The molecule has 0 aliphatic heterocycles. The van der Waals surface area contributed by atoms with Gasteiger partial charge in [-0.05, 0) is 36.5 Å². The molecular formula is C17H18O2. The second-order valence-corrected chi connectivity index (χ2v) is 5.00. The van der Waals surface area contributed by atoms with Crippen molar-refractivity contribution in [3.63, 3.8) is 0 Å². The van der Waals surface area contributed by atoms with Gasteiger partial charge in [0.25, 0.3) is 0 Å². The summed E-state index contributed by atoms with van der Waals surface area (Å²) in [6, 6.07) is 18.1. The minimum Gasteiger partial charge on any atom is -0.493 e. The molecular weight excluding hydrogens is 236 g/mol. The first-order valence-electron chi connectivity index (χ1n) is 6.80. The highest BCUT2D eigenvalue weighted by Crippen LogP contribution is 2.30. The fourth-order valence-corrected chi connectivity index (χ4v) is 1.89. The zero-order valence-corrected chi connectivity index (χ0v) is 10.9. The Morgan fingerprint density at radius 2 is 1.58 bits per heavy atom. The second-order valence-electron chi connectivity index (χ2n) is 5.00. The van der Waals surface area contributed by atoms with Gasteiger partial charge in [0.1, 0.15) is 18.1 Å². The van der Waals surface area contributed by atoms with Crippen LogP contribution in [0.3, 0.4) is 0 Å². The van der Waals surface area contributed by atoms with E-state index in [9.17, 15) is 0 Å². The number of benzene rings is 2. The first kappa shape index (κ1) is 12.1. The van der Waals surface area contributed by atoms with Crippen LogP contribution in [0.15, 0.2) is 54.6 Å². The Balaban J connectivity index is 1.56. The van der Waals surface area contributed by atoms with Crippen LogP contribution in [0.25, 0.3) is 0 Å². The van der Waals surface area contributed by atoms with Gasteiger partial charge in [-0.3, -0.25) is 0 Å². The van der Waals surface area contributed by atoms with E-state index in [1.54, 1.807) is 0 Å². The zero-order valence-electron chi connectivity index (χ0n) is 10.9. The minimum absolute atomic E-state index is 0.590. The minimum atomic E-state index is 0.590. The molecule has 1 saturated carbocycles. The summed E-state index contributed by atoms with van der Waals surface area (Å²) < 4.78 is 11.5. The van der Waals surface area contributed by atoms with E-state index >= 15 is 0 Å². The third kappa shape index (κ3) is 3.75. The van der Waals surface area contributed by atoms with Gasteiger partial charge >= 0.3 is 0 Å². The molecule has 2 heteroatoms. The maximum absolute atomic E-state index is 5.78. The Morgan fingerprint density at radius 1 is 0.842 bits per heavy atom. The Morgan fingerprint density at radius 3 is 2.32 bits per heavy atom. The topological polar surface area (TPSA) is 18.5 Å². The van der Waals surface area contributed by atoms with Crippen LogP contribution in [0, 0.1) is 5.92 Å². The molecule has 1 aliphatic carbocycles. The van der Waals surface area contributed by atoms with Crippen LogP contribution in [0.2, 0.25) is 0 Å². The van der Waals surface area contributed by atoms with Gasteiger partial charge in [0.15, 0.2) is 0 Å². The van der Waals surface area contributed by atoms with Crippen LogP contribution >= 0.6 is 0 Å². The van der Waals surface area contributed by atoms with E-state index in [-0.39, 0.29) is 0 Å². The van der Waals surface area contributed by atoms with Crippen molar-refractivity contribution in [3.05, 3.63) is 60.2 Å². The SMILES string of the molecule is c1ccc(COc2cccc(OCC3CC3)c2)cc1. The normalized spacial score (nSPS) is 14.1. The van der Waals surface area contributed by atoms with Crippen molar-refractivity contribution in [2.45, 2.75) is 19.4 Å². The smallest absolute Gasteiger partial charge is 0.123 e. The molecule has 98 valence electrons. The summed E-state index contributed by atoms with van der Waals surface area (Å²) >= 11 is 0. The Bertz CT molecular complexity index is 518. The molecule has 0 radical (unpaired) electrons. The summed E-state index contributed by atoms with van der Waals surface area (Å²) in [6.45, 7) is 1.43. The standard InChI is InChI=1S/C17H18O2/c1-2-5-14(6-3-1)12-18-16-7-4-8-17(11-16)19-13-15-9-10-15/h1-8,11,15H,9-10,12-13H2. The lowest BCUT2D eigenvalue weighted by atomic mass is 10.2. The van der Waals surface area contributed by atoms with E-state index in [0.29, 0.717) is 6.61 Å². The molecule has 0 unspecified atom stereocenters. The quantitative estimate of drug-likeness (QED) is 0.774. The van der Waals surface area contributed by atoms with Gasteiger partial charge in [-0.2, -0.15) is 0 Å². The van der Waals surface area contributed by atoms with E-state index in [1.165, 1.54) is 18.4 Å². The molecule has 0 atom stereocenters. The third-order valence-electron chi connectivity index (χ3n) is 3.24. The first-order valence-corrected chi connectivity index (χ1v) is 6.80. The van der Waals surface area contributed by atoms with Gasteiger partial charge in [-0.25, -0.2) is 0 Å². The summed E-state index contributed by atoms with van der Waals surface area (Å²) in [5, 5.41) is 0. The van der Waals surface area contributed by atoms with Crippen LogP contribution in [0.4, 0.5) is 0 Å². The molecule has 0 aromatic heterocycles. The van der Waals surface area contributed by atoms with Gasteiger partial charge in [-0.15, -0.1) is 0 Å². The zero-order chi connectivity index (χ0) is 12.9. The van der Waals surface area contributed by atoms with Gasteiger partial charge in [0, 0.05) is 6.07 Å². The van der Waals surface area contributed by atoms with Crippen molar-refractivity contribution in [1.29, 1.82) is 0 Å². The summed E-state index contributed by atoms with van der Waals surface area (Å²) in [7, 11) is 0. The summed E-state index contributed by atoms with van der Waals surface area (Å²) in [5.41, 5.74) is 1.17. The fraction of sp³-hybridized carbons (Fsp3) is 0.294. The van der Waals surface area contributed by atoms with E-state index in [4.69, 9.17) is 9.47 Å². The lowest BCUT2D eigenvalue weighted by molar-refractivity contribution is 0.287. The van der Waals surface area contributed by atoms with Gasteiger partial charge < -0.3 is 9.47 Å². The third-order valence-corrected chi connectivity index (χ3v) is 3.24. The van der Waals surface area contributed by atoms with E-state index in [0.717, 1.165) is 24.0 Å². The van der Waals surface area contributed by atoms with Crippen molar-refractivity contribution in [1.82, 2.24) is 0 Å². The highest BCUT2D eigenvalue weighted by molar-refractivity contribution is 5.33. The van der Waals surface area contributed by atoms with Gasteiger partial charge in [-0.1, -0.05) is 36.4 Å². The molecule has 3 rings (SSSR count). The lowest BCUT2D eigenvalue weighted by Gasteiger charge is -2.09. The van der Waals surface area contributed by atoms with E-state index < -0.39 is 0 Å². The van der Waals surface area contributed by atoms with Gasteiger partial charge in [0.2, 0.25) is 0 Å². The monoisotopic (exact) mass is 254 g/mol. The number of hydrogen-bond acceptors (Lipinski definition) is 2. The summed E-state index contributed by atoms with van der Waals surface area (Å²) in [5.74, 6) is 2.53. The van der Waals surface area contributed by atoms with Crippen molar-refractivity contribution in [2.24, 2.45) is 5.92 Å². The van der Waals surface area contributed by atoms with Gasteiger partial charge in [0.05, 0.1) is 6.61 Å². The first-order chi connectivity index (χ1) is 9.40. The van der Waals surface area contributed by atoms with Crippen molar-refractivity contribution in [2.75, 3.05) is 6.61 Å². The maximum Gasteiger partial charge on any atom is 0.123 e. The fourth-order valence-electron chi connectivity index (χ4n) is 1.89. The molecule has 19 heavy (non-hydrogen) atoms. The molecule has 1 aliphatic rings. The highest BCUT2D eigenvalue weighted by Gasteiger charge is 2.21. The van der Waals surface area contributed by atoms with Crippen LogP contribution < -0.4 is 9.47 Å². The van der Waals surface area contributed by atoms with E-state index in [2.05, 4.69) is 12.1 Å². The molecule has 0 bridgehead atoms. The molecule has 2 aromatic carbocycles.